The lowest BCUT2D eigenvalue weighted by Crippen LogP contribution is -2.19. The minimum atomic E-state index is -1.05. The van der Waals surface area contributed by atoms with Crippen LogP contribution in [0.4, 0.5) is 18.9 Å². The van der Waals surface area contributed by atoms with Crippen LogP contribution in [-0.2, 0) is 4.79 Å². The molecule has 3 nitrogen and oxygen atoms in total. The Hall–Kier alpha value is -2.37. The molecule has 0 atom stereocenters. The van der Waals surface area contributed by atoms with Gasteiger partial charge in [0.05, 0.1) is 11.3 Å². The Bertz CT molecular complexity index is 687. The van der Waals surface area contributed by atoms with Crippen molar-refractivity contribution in [1.82, 2.24) is 4.98 Å². The normalized spacial score (nSPS) is 10.8. The summed E-state index contributed by atoms with van der Waals surface area (Å²) in [6, 6.07) is 4.43. The number of halogens is 3. The molecule has 1 amide bonds. The maximum absolute atomic E-state index is 14.4. The molecule has 2 rings (SSSR count). The Morgan fingerprint density at radius 1 is 1.14 bits per heavy atom. The first kappa shape index (κ1) is 15.0. The van der Waals surface area contributed by atoms with Gasteiger partial charge in [0, 0.05) is 12.1 Å². The van der Waals surface area contributed by atoms with Crippen LogP contribution in [0.5, 0.6) is 0 Å². The van der Waals surface area contributed by atoms with Gasteiger partial charge in [0.1, 0.15) is 17.3 Å². The van der Waals surface area contributed by atoms with Crippen molar-refractivity contribution in [2.45, 2.75) is 13.8 Å². The molecule has 0 fully saturated rings. The third-order valence-electron chi connectivity index (χ3n) is 2.87. The fourth-order valence-electron chi connectivity index (χ4n) is 1.71. The van der Waals surface area contributed by atoms with E-state index in [2.05, 4.69) is 10.3 Å². The van der Waals surface area contributed by atoms with E-state index in [-0.39, 0.29) is 11.6 Å². The molecule has 1 heterocycles. The van der Waals surface area contributed by atoms with Gasteiger partial charge in [0.15, 0.2) is 5.82 Å². The summed E-state index contributed by atoms with van der Waals surface area (Å²) in [7, 11) is 0. The zero-order valence-electron chi connectivity index (χ0n) is 11.5. The van der Waals surface area contributed by atoms with E-state index in [9.17, 15) is 18.0 Å². The van der Waals surface area contributed by atoms with Crippen molar-refractivity contribution in [2.75, 3.05) is 5.32 Å². The summed E-state index contributed by atoms with van der Waals surface area (Å²) in [5, 5.41) is 2.34. The zero-order valence-corrected chi connectivity index (χ0v) is 11.5. The summed E-state index contributed by atoms with van der Waals surface area (Å²) < 4.78 is 41.9. The highest BCUT2D eigenvalue weighted by Gasteiger charge is 2.21. The molecule has 0 radical (unpaired) electrons. The van der Waals surface area contributed by atoms with Gasteiger partial charge in [0.2, 0.25) is 5.91 Å². The first-order valence-electron chi connectivity index (χ1n) is 6.31. The number of pyridine rings is 1. The van der Waals surface area contributed by atoms with Crippen molar-refractivity contribution < 1.29 is 18.0 Å². The molecule has 110 valence electrons. The maximum Gasteiger partial charge on any atom is 0.227 e. The van der Waals surface area contributed by atoms with Crippen LogP contribution in [0.15, 0.2) is 30.5 Å². The van der Waals surface area contributed by atoms with E-state index < -0.39 is 34.6 Å². The van der Waals surface area contributed by atoms with Gasteiger partial charge in [-0.2, -0.15) is 0 Å². The molecule has 0 unspecified atom stereocenters. The summed E-state index contributed by atoms with van der Waals surface area (Å²) in [6.07, 6.45) is 1.23. The molecule has 0 saturated heterocycles. The fourth-order valence-corrected chi connectivity index (χ4v) is 1.71. The van der Waals surface area contributed by atoms with Crippen molar-refractivity contribution >= 4 is 11.6 Å². The van der Waals surface area contributed by atoms with Gasteiger partial charge in [-0.1, -0.05) is 13.8 Å². The topological polar surface area (TPSA) is 42.0 Å². The third kappa shape index (κ3) is 3.04. The van der Waals surface area contributed by atoms with Crippen LogP contribution in [0.3, 0.4) is 0 Å². The van der Waals surface area contributed by atoms with Gasteiger partial charge in [-0.05, 0) is 24.3 Å². The van der Waals surface area contributed by atoms with Crippen LogP contribution in [-0.4, -0.2) is 10.9 Å². The number of hydrogen-bond acceptors (Lipinski definition) is 2. The number of nitrogens with one attached hydrogen (secondary N) is 1. The largest absolute Gasteiger partial charge is 0.323 e. The predicted molar refractivity (Wildman–Crippen MR) is 73.0 cm³/mol. The van der Waals surface area contributed by atoms with E-state index in [4.69, 9.17) is 0 Å². The van der Waals surface area contributed by atoms with E-state index in [0.29, 0.717) is 0 Å². The van der Waals surface area contributed by atoms with E-state index in [1.165, 1.54) is 12.3 Å². The Labute approximate surface area is 119 Å². The van der Waals surface area contributed by atoms with Gasteiger partial charge in [-0.3, -0.25) is 9.78 Å². The van der Waals surface area contributed by atoms with Crippen LogP contribution >= 0.6 is 0 Å². The molecular formula is C15H13F3N2O. The lowest BCUT2D eigenvalue weighted by molar-refractivity contribution is -0.118. The second-order valence-corrected chi connectivity index (χ2v) is 4.76. The predicted octanol–water partition coefficient (Wildman–Crippen LogP) is 3.76. The molecule has 2 aromatic rings. The van der Waals surface area contributed by atoms with Gasteiger partial charge < -0.3 is 5.32 Å². The van der Waals surface area contributed by atoms with E-state index >= 15 is 0 Å². The Balaban J connectivity index is 2.53. The first-order chi connectivity index (χ1) is 9.91. The highest BCUT2D eigenvalue weighted by molar-refractivity contribution is 5.93. The minimum absolute atomic E-state index is 0.213. The highest BCUT2D eigenvalue weighted by Crippen LogP contribution is 2.31. The van der Waals surface area contributed by atoms with E-state index in [1.54, 1.807) is 13.8 Å². The summed E-state index contributed by atoms with van der Waals surface area (Å²) in [5.74, 6) is -3.64. The van der Waals surface area contributed by atoms with Gasteiger partial charge >= 0.3 is 0 Å². The molecule has 1 aromatic heterocycles. The second kappa shape index (κ2) is 5.95. The molecule has 0 bridgehead atoms. The average Bonchev–Trinajstić information content (AvgIpc) is 2.44. The maximum atomic E-state index is 14.4. The quantitative estimate of drug-likeness (QED) is 0.936. The smallest absolute Gasteiger partial charge is 0.227 e. The summed E-state index contributed by atoms with van der Waals surface area (Å²) in [6.45, 7) is 3.27. The van der Waals surface area contributed by atoms with Crippen LogP contribution < -0.4 is 5.32 Å². The third-order valence-corrected chi connectivity index (χ3v) is 2.87. The molecular weight excluding hydrogens is 281 g/mol. The number of carbonyl (C=O) groups excluding carboxylic acids is 1. The molecule has 0 spiro atoms. The molecule has 0 aliphatic carbocycles. The number of anilines is 1. The standard InChI is InChI=1S/C15H13F3N2O/c1-8(2)15(21)20-11-6-5-9(16)12(13(11)18)14-10(17)4-3-7-19-14/h3-8H,1-2H3,(H,20,21). The zero-order chi connectivity index (χ0) is 15.6. The number of nitrogens with zero attached hydrogens (tertiary/aromatic N) is 1. The monoisotopic (exact) mass is 294 g/mol. The van der Waals surface area contributed by atoms with Gasteiger partial charge in [0.25, 0.3) is 0 Å². The molecule has 0 saturated carbocycles. The number of hydrogen-bond donors (Lipinski definition) is 1. The second-order valence-electron chi connectivity index (χ2n) is 4.76. The van der Waals surface area contributed by atoms with Crippen LogP contribution in [0.1, 0.15) is 13.8 Å². The number of benzene rings is 1. The molecule has 6 heteroatoms. The van der Waals surface area contributed by atoms with Crippen molar-refractivity contribution in [1.29, 1.82) is 0 Å². The van der Waals surface area contributed by atoms with Crippen molar-refractivity contribution in [2.24, 2.45) is 5.92 Å². The number of aromatic nitrogens is 1. The summed E-state index contributed by atoms with van der Waals surface area (Å²) in [4.78, 5) is 15.3. The van der Waals surface area contributed by atoms with Gasteiger partial charge in [-0.15, -0.1) is 0 Å². The lowest BCUT2D eigenvalue weighted by atomic mass is 10.1. The van der Waals surface area contributed by atoms with Crippen molar-refractivity contribution in [3.63, 3.8) is 0 Å². The minimum Gasteiger partial charge on any atom is -0.323 e. The van der Waals surface area contributed by atoms with E-state index in [0.717, 1.165) is 18.2 Å². The van der Waals surface area contributed by atoms with Crippen LogP contribution in [0.2, 0.25) is 0 Å². The number of rotatable bonds is 3. The van der Waals surface area contributed by atoms with E-state index in [1.807, 2.05) is 0 Å². The lowest BCUT2D eigenvalue weighted by Gasteiger charge is -2.12. The highest BCUT2D eigenvalue weighted by atomic mass is 19.1. The molecule has 21 heavy (non-hydrogen) atoms. The van der Waals surface area contributed by atoms with Crippen LogP contribution in [0, 0.1) is 23.4 Å². The Kier molecular flexibility index (Phi) is 4.26. The fraction of sp³-hybridized carbons (Fsp3) is 0.200. The SMILES string of the molecule is CC(C)C(=O)Nc1ccc(F)c(-c2ncccc2F)c1F. The Morgan fingerprint density at radius 3 is 2.48 bits per heavy atom. The van der Waals surface area contributed by atoms with Gasteiger partial charge in [-0.25, -0.2) is 13.2 Å². The Morgan fingerprint density at radius 2 is 1.86 bits per heavy atom. The number of carbonyl (C=O) groups is 1. The molecule has 1 aromatic carbocycles. The molecule has 0 aliphatic heterocycles. The van der Waals surface area contributed by atoms with Crippen molar-refractivity contribution in [3.05, 3.63) is 47.9 Å². The summed E-state index contributed by atoms with van der Waals surface area (Å²) in [5.41, 5.74) is -1.25. The summed E-state index contributed by atoms with van der Waals surface area (Å²) >= 11 is 0. The first-order valence-corrected chi connectivity index (χ1v) is 6.31. The van der Waals surface area contributed by atoms with Crippen molar-refractivity contribution in [3.8, 4) is 11.3 Å². The molecule has 0 aliphatic rings. The van der Waals surface area contributed by atoms with Crippen LogP contribution in [0.25, 0.3) is 11.3 Å². The number of amides is 1. The molecule has 1 N–H and O–H groups in total. The average molecular weight is 294 g/mol.